The van der Waals surface area contributed by atoms with Crippen LogP contribution in [0, 0.1) is 0 Å². The zero-order valence-corrected chi connectivity index (χ0v) is 12.0. The van der Waals surface area contributed by atoms with Crippen molar-refractivity contribution in [3.8, 4) is 0 Å². The molecule has 4 nitrogen and oxygen atoms in total. The number of sulfonamides is 1. The van der Waals surface area contributed by atoms with Gasteiger partial charge in [0.1, 0.15) is 0 Å². The molecule has 0 saturated carbocycles. The molecule has 0 amide bonds. The van der Waals surface area contributed by atoms with E-state index >= 15 is 0 Å². The van der Waals surface area contributed by atoms with Crippen LogP contribution in [0.5, 0.6) is 0 Å². The van der Waals surface area contributed by atoms with E-state index in [9.17, 15) is 8.42 Å². The Bertz CT molecular complexity index is 454. The molecule has 0 bridgehead atoms. The maximum absolute atomic E-state index is 12.0. The lowest BCUT2D eigenvalue weighted by Crippen LogP contribution is -2.31. The highest BCUT2D eigenvalue weighted by Gasteiger charge is 2.15. The van der Waals surface area contributed by atoms with Crippen LogP contribution in [-0.2, 0) is 16.4 Å². The number of hydrogen-bond acceptors (Lipinski definition) is 3. The lowest BCUT2D eigenvalue weighted by atomic mass is 10.1. The Morgan fingerprint density at radius 2 is 1.83 bits per heavy atom. The lowest BCUT2D eigenvalue weighted by Gasteiger charge is -2.12. The van der Waals surface area contributed by atoms with Crippen LogP contribution >= 0.6 is 0 Å². The molecule has 0 radical (unpaired) electrons. The van der Waals surface area contributed by atoms with Gasteiger partial charge in [-0.3, -0.25) is 0 Å². The Morgan fingerprint density at radius 3 is 2.33 bits per heavy atom. The summed E-state index contributed by atoms with van der Waals surface area (Å²) < 4.78 is 26.7. The Labute approximate surface area is 110 Å². The molecule has 1 aromatic rings. The molecule has 1 atom stereocenters. The van der Waals surface area contributed by atoms with Crippen molar-refractivity contribution in [1.29, 1.82) is 0 Å². The maximum atomic E-state index is 12.0. The number of likely N-dealkylation sites (N-methyl/N-ethyl adjacent to an activating group) is 1. The predicted octanol–water partition coefficient (Wildman–Crippen LogP) is 1.53. The second kappa shape index (κ2) is 6.87. The Hall–Kier alpha value is -0.910. The Balaban J connectivity index is 2.77. The highest BCUT2D eigenvalue weighted by Crippen LogP contribution is 2.11. The molecule has 2 N–H and O–H groups in total. The molecule has 0 fully saturated rings. The summed E-state index contributed by atoms with van der Waals surface area (Å²) in [7, 11) is -1.48. The van der Waals surface area contributed by atoms with Gasteiger partial charge in [-0.1, -0.05) is 19.1 Å². The van der Waals surface area contributed by atoms with Crippen LogP contribution in [0.1, 0.15) is 25.8 Å². The molecule has 0 aliphatic carbocycles. The molecule has 0 heterocycles. The Kier molecular flexibility index (Phi) is 5.78. The highest BCUT2D eigenvalue weighted by atomic mass is 32.2. The van der Waals surface area contributed by atoms with Crippen LogP contribution in [0.4, 0.5) is 0 Å². The van der Waals surface area contributed by atoms with Gasteiger partial charge in [0.05, 0.1) is 4.90 Å². The zero-order valence-electron chi connectivity index (χ0n) is 11.2. The first-order valence-electron chi connectivity index (χ1n) is 6.25. The molecule has 18 heavy (non-hydrogen) atoms. The molecule has 0 aromatic heterocycles. The van der Waals surface area contributed by atoms with Crippen LogP contribution in [-0.4, -0.2) is 28.1 Å². The van der Waals surface area contributed by atoms with E-state index in [1.54, 1.807) is 12.1 Å². The van der Waals surface area contributed by atoms with E-state index in [1.807, 2.05) is 33.0 Å². The van der Waals surface area contributed by atoms with E-state index in [0.717, 1.165) is 24.9 Å². The minimum atomic E-state index is -3.37. The molecule has 0 aliphatic rings. The normalized spacial score (nSPS) is 13.5. The monoisotopic (exact) mass is 270 g/mol. The number of benzene rings is 1. The van der Waals surface area contributed by atoms with Gasteiger partial charge >= 0.3 is 0 Å². The van der Waals surface area contributed by atoms with Gasteiger partial charge in [0.15, 0.2) is 0 Å². The van der Waals surface area contributed by atoms with Crippen LogP contribution in [0.15, 0.2) is 29.2 Å². The van der Waals surface area contributed by atoms with Crippen molar-refractivity contribution < 1.29 is 8.42 Å². The van der Waals surface area contributed by atoms with Crippen LogP contribution in [0.2, 0.25) is 0 Å². The van der Waals surface area contributed by atoms with Gasteiger partial charge in [0.25, 0.3) is 0 Å². The second-order valence-corrected chi connectivity index (χ2v) is 6.14. The van der Waals surface area contributed by atoms with Gasteiger partial charge in [-0.15, -0.1) is 0 Å². The third-order valence-electron chi connectivity index (χ3n) is 2.87. The van der Waals surface area contributed by atoms with Crippen LogP contribution in [0.25, 0.3) is 0 Å². The van der Waals surface area contributed by atoms with Gasteiger partial charge in [-0.2, -0.15) is 0 Å². The predicted molar refractivity (Wildman–Crippen MR) is 74.1 cm³/mol. The number of nitrogens with one attached hydrogen (secondary N) is 2. The summed E-state index contributed by atoms with van der Waals surface area (Å²) in [5, 5.41) is 3.06. The van der Waals surface area contributed by atoms with Crippen molar-refractivity contribution >= 4 is 10.0 Å². The van der Waals surface area contributed by atoms with Gasteiger partial charge < -0.3 is 5.32 Å². The summed E-state index contributed by atoms with van der Waals surface area (Å²) in [6.45, 7) is 4.70. The molecule has 0 spiro atoms. The fourth-order valence-corrected chi connectivity index (χ4v) is 2.85. The van der Waals surface area contributed by atoms with Gasteiger partial charge in [0.2, 0.25) is 10.0 Å². The molecule has 1 unspecified atom stereocenters. The fraction of sp³-hybridized carbons (Fsp3) is 0.538. The molecule has 0 saturated heterocycles. The molecular weight excluding hydrogens is 248 g/mol. The number of hydrogen-bond donors (Lipinski definition) is 2. The van der Waals surface area contributed by atoms with Crippen molar-refractivity contribution in [2.75, 3.05) is 13.6 Å². The van der Waals surface area contributed by atoms with E-state index in [-0.39, 0.29) is 6.04 Å². The summed E-state index contributed by atoms with van der Waals surface area (Å²) in [6, 6.07) is 7.01. The molecular formula is C13H22N2O2S. The van der Waals surface area contributed by atoms with Gasteiger partial charge in [-0.25, -0.2) is 13.1 Å². The molecule has 1 rings (SSSR count). The molecule has 5 heteroatoms. The topological polar surface area (TPSA) is 58.2 Å². The standard InChI is InChI=1S/C13H22N2O2S/c1-4-11(2)15-18(16,17)13-7-5-12(6-8-13)9-10-14-3/h5-8,11,14-15H,4,9-10H2,1-3H3. The minimum Gasteiger partial charge on any atom is -0.319 e. The number of rotatable bonds is 7. The summed E-state index contributed by atoms with van der Waals surface area (Å²) in [5.41, 5.74) is 1.13. The largest absolute Gasteiger partial charge is 0.319 e. The third kappa shape index (κ3) is 4.40. The summed E-state index contributed by atoms with van der Waals surface area (Å²) in [5.74, 6) is 0. The quantitative estimate of drug-likeness (QED) is 0.790. The van der Waals surface area contributed by atoms with E-state index < -0.39 is 10.0 Å². The Morgan fingerprint density at radius 1 is 1.22 bits per heavy atom. The first-order valence-corrected chi connectivity index (χ1v) is 7.73. The van der Waals surface area contributed by atoms with Crippen molar-refractivity contribution in [3.63, 3.8) is 0 Å². The van der Waals surface area contributed by atoms with E-state index in [4.69, 9.17) is 0 Å². The van der Waals surface area contributed by atoms with Crippen molar-refractivity contribution in [2.24, 2.45) is 0 Å². The van der Waals surface area contributed by atoms with Crippen LogP contribution < -0.4 is 10.0 Å². The van der Waals surface area contributed by atoms with E-state index in [1.165, 1.54) is 0 Å². The molecule has 1 aromatic carbocycles. The lowest BCUT2D eigenvalue weighted by molar-refractivity contribution is 0.556. The first-order chi connectivity index (χ1) is 8.49. The second-order valence-electron chi connectivity index (χ2n) is 4.43. The van der Waals surface area contributed by atoms with Gasteiger partial charge in [-0.05, 0) is 51.1 Å². The minimum absolute atomic E-state index is 0.0426. The highest BCUT2D eigenvalue weighted by molar-refractivity contribution is 7.89. The van der Waals surface area contributed by atoms with Crippen molar-refractivity contribution in [2.45, 2.75) is 37.6 Å². The molecule has 102 valence electrons. The average Bonchev–Trinajstić information content (AvgIpc) is 2.36. The smallest absolute Gasteiger partial charge is 0.240 e. The third-order valence-corrected chi connectivity index (χ3v) is 4.47. The molecule has 0 aliphatic heterocycles. The SMILES string of the molecule is CCC(C)NS(=O)(=O)c1ccc(CCNC)cc1. The fourth-order valence-electron chi connectivity index (χ4n) is 1.52. The van der Waals surface area contributed by atoms with Crippen molar-refractivity contribution in [1.82, 2.24) is 10.0 Å². The zero-order chi connectivity index (χ0) is 13.6. The van der Waals surface area contributed by atoms with E-state index in [2.05, 4.69) is 10.0 Å². The summed E-state index contributed by atoms with van der Waals surface area (Å²) >= 11 is 0. The van der Waals surface area contributed by atoms with E-state index in [0.29, 0.717) is 4.90 Å². The average molecular weight is 270 g/mol. The van der Waals surface area contributed by atoms with Crippen LogP contribution in [0.3, 0.4) is 0 Å². The van der Waals surface area contributed by atoms with Crippen molar-refractivity contribution in [3.05, 3.63) is 29.8 Å². The summed E-state index contributed by atoms with van der Waals surface area (Å²) in [6.07, 6.45) is 1.68. The first kappa shape index (κ1) is 15.1. The summed E-state index contributed by atoms with van der Waals surface area (Å²) in [4.78, 5) is 0.330. The maximum Gasteiger partial charge on any atom is 0.240 e. The van der Waals surface area contributed by atoms with Gasteiger partial charge in [0, 0.05) is 6.04 Å².